The first-order chi connectivity index (χ1) is 13.7. The Balaban J connectivity index is 1.52. The third kappa shape index (κ3) is 5.82. The first-order valence-electron chi connectivity index (χ1n) is 9.08. The van der Waals surface area contributed by atoms with Crippen LogP contribution in [0.4, 0.5) is 11.4 Å². The number of nitrogens with zero attached hydrogens (tertiary/aromatic N) is 1. The van der Waals surface area contributed by atoms with Crippen molar-refractivity contribution in [2.24, 2.45) is 0 Å². The van der Waals surface area contributed by atoms with E-state index in [1.54, 1.807) is 31.5 Å². The predicted octanol–water partition coefficient (Wildman–Crippen LogP) is 4.57. The number of aromatic nitrogens is 1. The Morgan fingerprint density at radius 1 is 0.929 bits per heavy atom. The molecule has 0 aliphatic rings. The summed E-state index contributed by atoms with van der Waals surface area (Å²) in [4.78, 5) is 16.6. The molecule has 6 heteroatoms. The van der Waals surface area contributed by atoms with Crippen molar-refractivity contribution >= 4 is 17.3 Å². The van der Waals surface area contributed by atoms with E-state index in [9.17, 15) is 4.79 Å². The molecule has 3 aromatic rings. The molecule has 0 saturated carbocycles. The molecule has 2 N–H and O–H groups in total. The van der Waals surface area contributed by atoms with Crippen LogP contribution in [0, 0.1) is 0 Å². The van der Waals surface area contributed by atoms with Crippen molar-refractivity contribution in [3.63, 3.8) is 0 Å². The normalized spacial score (nSPS) is 10.3. The number of rotatable bonds is 9. The summed E-state index contributed by atoms with van der Waals surface area (Å²) in [5.74, 6) is 1.20. The molecule has 0 saturated heterocycles. The van der Waals surface area contributed by atoms with Crippen molar-refractivity contribution < 1.29 is 14.3 Å². The number of ether oxygens (including phenoxy) is 2. The fourth-order valence-electron chi connectivity index (χ4n) is 2.51. The minimum atomic E-state index is -0.261. The van der Waals surface area contributed by atoms with Gasteiger partial charge in [0.15, 0.2) is 0 Å². The van der Waals surface area contributed by atoms with Gasteiger partial charge in [0.2, 0.25) is 0 Å². The Morgan fingerprint density at radius 3 is 2.32 bits per heavy atom. The van der Waals surface area contributed by atoms with E-state index < -0.39 is 0 Å². The van der Waals surface area contributed by atoms with Gasteiger partial charge in [0, 0.05) is 25.9 Å². The summed E-state index contributed by atoms with van der Waals surface area (Å²) in [5.41, 5.74) is 1.90. The van der Waals surface area contributed by atoms with Crippen LogP contribution in [0.3, 0.4) is 0 Å². The molecule has 0 aliphatic heterocycles. The first-order valence-corrected chi connectivity index (χ1v) is 9.08. The molecule has 0 bridgehead atoms. The molecule has 28 heavy (non-hydrogen) atoms. The number of methoxy groups -OCH3 is 1. The fraction of sp³-hybridized carbons (Fsp3) is 0.182. The van der Waals surface area contributed by atoms with E-state index in [0.717, 1.165) is 24.4 Å². The molecular weight excluding hydrogens is 354 g/mol. The quantitative estimate of drug-likeness (QED) is 0.534. The first kappa shape index (κ1) is 19.4. The smallest absolute Gasteiger partial charge is 0.274 e. The summed E-state index contributed by atoms with van der Waals surface area (Å²) in [5, 5.41) is 6.07. The molecule has 1 amide bonds. The van der Waals surface area contributed by atoms with Gasteiger partial charge >= 0.3 is 0 Å². The average Bonchev–Trinajstić information content (AvgIpc) is 2.74. The largest absolute Gasteiger partial charge is 0.457 e. The minimum Gasteiger partial charge on any atom is -0.457 e. The highest BCUT2D eigenvalue weighted by Gasteiger charge is 2.08. The lowest BCUT2D eigenvalue weighted by Gasteiger charge is -2.09. The van der Waals surface area contributed by atoms with Gasteiger partial charge in [-0.05, 0) is 55.0 Å². The summed E-state index contributed by atoms with van der Waals surface area (Å²) in [6, 6.07) is 20.3. The van der Waals surface area contributed by atoms with Crippen LogP contribution >= 0.6 is 0 Å². The van der Waals surface area contributed by atoms with E-state index in [0.29, 0.717) is 23.7 Å². The highest BCUT2D eigenvalue weighted by Crippen LogP contribution is 2.22. The van der Waals surface area contributed by atoms with Crippen LogP contribution in [0.1, 0.15) is 16.9 Å². The number of anilines is 2. The number of para-hydroxylation sites is 1. The van der Waals surface area contributed by atoms with E-state index in [-0.39, 0.29) is 5.91 Å². The molecule has 0 atom stereocenters. The van der Waals surface area contributed by atoms with Gasteiger partial charge in [0.05, 0.1) is 11.9 Å². The number of hydrogen-bond acceptors (Lipinski definition) is 5. The van der Waals surface area contributed by atoms with E-state index in [1.165, 1.54) is 0 Å². The van der Waals surface area contributed by atoms with E-state index in [2.05, 4.69) is 15.6 Å². The molecule has 2 aromatic carbocycles. The van der Waals surface area contributed by atoms with Crippen molar-refractivity contribution in [1.29, 1.82) is 0 Å². The molecule has 3 rings (SSSR count). The summed E-state index contributed by atoms with van der Waals surface area (Å²) in [7, 11) is 1.68. The zero-order valence-corrected chi connectivity index (χ0v) is 15.7. The molecule has 1 aromatic heterocycles. The third-order valence-electron chi connectivity index (χ3n) is 3.94. The Morgan fingerprint density at radius 2 is 1.64 bits per heavy atom. The Hall–Kier alpha value is -3.38. The Labute approximate surface area is 164 Å². The molecule has 6 nitrogen and oxygen atoms in total. The Bertz CT molecular complexity index is 866. The summed E-state index contributed by atoms with van der Waals surface area (Å²) in [6.45, 7) is 1.49. The minimum absolute atomic E-state index is 0.261. The highest BCUT2D eigenvalue weighted by molar-refractivity contribution is 6.02. The van der Waals surface area contributed by atoms with Crippen molar-refractivity contribution in [1.82, 2.24) is 4.98 Å². The number of benzene rings is 2. The van der Waals surface area contributed by atoms with Gasteiger partial charge in [0.1, 0.15) is 17.2 Å². The third-order valence-corrected chi connectivity index (χ3v) is 3.94. The number of carbonyl (C=O) groups excluding carboxylic acids is 1. The van der Waals surface area contributed by atoms with Crippen LogP contribution in [0.2, 0.25) is 0 Å². The maximum atomic E-state index is 12.4. The van der Waals surface area contributed by atoms with Gasteiger partial charge in [-0.1, -0.05) is 18.2 Å². The molecule has 0 radical (unpaired) electrons. The van der Waals surface area contributed by atoms with Crippen molar-refractivity contribution in [3.8, 4) is 11.5 Å². The SMILES string of the molecule is COCCCNc1ccc(C(=O)Nc2ccc(Oc3ccccc3)cc2)nc1. The second kappa shape index (κ2) is 10.1. The number of nitrogens with one attached hydrogen (secondary N) is 2. The lowest BCUT2D eigenvalue weighted by atomic mass is 10.2. The second-order valence-electron chi connectivity index (χ2n) is 6.10. The highest BCUT2D eigenvalue weighted by atomic mass is 16.5. The lowest BCUT2D eigenvalue weighted by molar-refractivity contribution is 0.102. The van der Waals surface area contributed by atoms with Crippen LogP contribution in [-0.4, -0.2) is 31.2 Å². The van der Waals surface area contributed by atoms with E-state index >= 15 is 0 Å². The molecule has 1 heterocycles. The van der Waals surface area contributed by atoms with Gasteiger partial charge in [-0.3, -0.25) is 4.79 Å². The van der Waals surface area contributed by atoms with Gasteiger partial charge in [-0.25, -0.2) is 4.98 Å². The van der Waals surface area contributed by atoms with Crippen LogP contribution in [0.5, 0.6) is 11.5 Å². The molecular formula is C22H23N3O3. The number of carbonyl (C=O) groups is 1. The zero-order valence-electron chi connectivity index (χ0n) is 15.7. The lowest BCUT2D eigenvalue weighted by Crippen LogP contribution is -2.14. The summed E-state index contributed by atoms with van der Waals surface area (Å²) >= 11 is 0. The average molecular weight is 377 g/mol. The maximum absolute atomic E-state index is 12.4. The topological polar surface area (TPSA) is 72.5 Å². The molecule has 0 fully saturated rings. The number of pyridine rings is 1. The van der Waals surface area contributed by atoms with Crippen LogP contribution in [0.25, 0.3) is 0 Å². The van der Waals surface area contributed by atoms with Crippen molar-refractivity contribution in [2.75, 3.05) is 30.9 Å². The molecule has 0 unspecified atom stereocenters. The van der Waals surface area contributed by atoms with Crippen LogP contribution in [0.15, 0.2) is 72.9 Å². The van der Waals surface area contributed by atoms with Crippen LogP contribution in [-0.2, 0) is 4.74 Å². The molecule has 0 aliphatic carbocycles. The van der Waals surface area contributed by atoms with Crippen molar-refractivity contribution in [3.05, 3.63) is 78.6 Å². The van der Waals surface area contributed by atoms with Gasteiger partial charge in [0.25, 0.3) is 5.91 Å². The number of amides is 1. The van der Waals surface area contributed by atoms with Gasteiger partial charge in [-0.2, -0.15) is 0 Å². The Kier molecular flexibility index (Phi) is 6.98. The van der Waals surface area contributed by atoms with E-state index in [4.69, 9.17) is 9.47 Å². The van der Waals surface area contributed by atoms with Gasteiger partial charge < -0.3 is 20.1 Å². The fourth-order valence-corrected chi connectivity index (χ4v) is 2.51. The van der Waals surface area contributed by atoms with Gasteiger partial charge in [-0.15, -0.1) is 0 Å². The molecule has 0 spiro atoms. The van der Waals surface area contributed by atoms with Crippen molar-refractivity contribution in [2.45, 2.75) is 6.42 Å². The molecule has 144 valence electrons. The number of hydrogen-bond donors (Lipinski definition) is 2. The van der Waals surface area contributed by atoms with E-state index in [1.807, 2.05) is 48.5 Å². The second-order valence-corrected chi connectivity index (χ2v) is 6.10. The summed E-state index contributed by atoms with van der Waals surface area (Å²) in [6.07, 6.45) is 2.56. The predicted molar refractivity (Wildman–Crippen MR) is 110 cm³/mol. The zero-order chi connectivity index (χ0) is 19.6. The monoisotopic (exact) mass is 377 g/mol. The maximum Gasteiger partial charge on any atom is 0.274 e. The summed E-state index contributed by atoms with van der Waals surface area (Å²) < 4.78 is 10.8. The standard InChI is InChI=1S/C22H23N3O3/c1-27-15-5-14-23-18-10-13-21(24-16-18)22(26)25-17-8-11-20(12-9-17)28-19-6-3-2-4-7-19/h2-4,6-13,16,23H,5,14-15H2,1H3,(H,25,26). The van der Waals surface area contributed by atoms with Crippen LogP contribution < -0.4 is 15.4 Å².